The smallest absolute Gasteiger partial charge is 0.192 e. The molecular weight excluding hydrogens is 246 g/mol. The van der Waals surface area contributed by atoms with Crippen molar-refractivity contribution in [2.75, 3.05) is 19.7 Å². The molecule has 2 unspecified atom stereocenters. The van der Waals surface area contributed by atoms with Crippen LogP contribution in [-0.2, 0) is 4.74 Å². The summed E-state index contributed by atoms with van der Waals surface area (Å²) in [5.41, 5.74) is 7.37. The Morgan fingerprint density at radius 1 is 1.61 bits per heavy atom. The van der Waals surface area contributed by atoms with Crippen LogP contribution in [0.1, 0.15) is 29.3 Å². The molecule has 0 aromatic carbocycles. The van der Waals surface area contributed by atoms with E-state index in [2.05, 4.69) is 28.3 Å². The lowest BCUT2D eigenvalue weighted by molar-refractivity contribution is 0.0855. The third-order valence-corrected chi connectivity index (χ3v) is 4.85. The Hall–Kier alpha value is -1.07. The fourth-order valence-corrected chi connectivity index (χ4v) is 3.74. The van der Waals surface area contributed by atoms with Gasteiger partial charge in [0, 0.05) is 18.0 Å². The van der Waals surface area contributed by atoms with Gasteiger partial charge in [-0.2, -0.15) is 0 Å². The number of rotatable bonds is 3. The third kappa shape index (κ3) is 2.12. The van der Waals surface area contributed by atoms with Crippen molar-refractivity contribution in [3.8, 4) is 0 Å². The Kier molecular flexibility index (Phi) is 3.26. The molecular formula is C13H19N3OS. The fourth-order valence-electron chi connectivity index (χ4n) is 2.71. The zero-order valence-electron chi connectivity index (χ0n) is 10.6. The van der Waals surface area contributed by atoms with Crippen LogP contribution < -0.4 is 5.73 Å². The van der Waals surface area contributed by atoms with Gasteiger partial charge in [0.25, 0.3) is 0 Å². The van der Waals surface area contributed by atoms with E-state index < -0.39 is 0 Å². The van der Waals surface area contributed by atoms with E-state index in [4.69, 9.17) is 10.5 Å². The summed E-state index contributed by atoms with van der Waals surface area (Å²) in [6, 6.07) is 2.48. The van der Waals surface area contributed by atoms with Gasteiger partial charge in [-0.25, -0.2) is 0 Å². The van der Waals surface area contributed by atoms with Crippen molar-refractivity contribution in [2.24, 2.45) is 10.7 Å². The second-order valence-corrected chi connectivity index (χ2v) is 5.92. The van der Waals surface area contributed by atoms with E-state index in [9.17, 15) is 0 Å². The largest absolute Gasteiger partial charge is 0.376 e. The number of guanidine groups is 1. The van der Waals surface area contributed by atoms with Gasteiger partial charge in [0.15, 0.2) is 5.96 Å². The number of ether oxygens (including phenoxy) is 1. The average Bonchev–Trinajstić information content (AvgIpc) is 3.05. The van der Waals surface area contributed by atoms with Crippen molar-refractivity contribution in [3.63, 3.8) is 0 Å². The number of aliphatic imine (C=N–C) groups is 1. The lowest BCUT2D eigenvalue weighted by Crippen LogP contribution is -2.40. The number of hydrogen-bond donors (Lipinski definition) is 1. The second-order valence-electron chi connectivity index (χ2n) is 4.97. The molecule has 3 rings (SSSR count). The van der Waals surface area contributed by atoms with Gasteiger partial charge in [0.05, 0.1) is 18.7 Å². The van der Waals surface area contributed by atoms with Crippen molar-refractivity contribution in [1.82, 2.24) is 4.90 Å². The summed E-state index contributed by atoms with van der Waals surface area (Å²) in [7, 11) is 0. The predicted molar refractivity (Wildman–Crippen MR) is 74.0 cm³/mol. The van der Waals surface area contributed by atoms with Crippen molar-refractivity contribution in [3.05, 3.63) is 21.9 Å². The maximum Gasteiger partial charge on any atom is 0.192 e. The molecule has 2 N–H and O–H groups in total. The molecule has 0 spiro atoms. The Bertz CT molecular complexity index is 451. The lowest BCUT2D eigenvalue weighted by Gasteiger charge is -2.28. The number of thiophene rings is 1. The van der Waals surface area contributed by atoms with Crippen molar-refractivity contribution in [1.29, 1.82) is 0 Å². The Morgan fingerprint density at radius 3 is 3.17 bits per heavy atom. The van der Waals surface area contributed by atoms with Gasteiger partial charge in [-0.15, -0.1) is 11.3 Å². The van der Waals surface area contributed by atoms with E-state index in [0.717, 1.165) is 32.5 Å². The number of hydrogen-bond acceptors (Lipinski definition) is 5. The fraction of sp³-hybridized carbons (Fsp3) is 0.615. The van der Waals surface area contributed by atoms with Crippen LogP contribution in [0.25, 0.3) is 0 Å². The van der Waals surface area contributed by atoms with E-state index in [1.54, 1.807) is 11.3 Å². The SMILES string of the molecule is Cc1ccsc1C1CN=C(N)N1CC1CCCO1. The molecule has 0 bridgehead atoms. The molecule has 98 valence electrons. The molecule has 5 heteroatoms. The van der Waals surface area contributed by atoms with Gasteiger partial charge in [0.2, 0.25) is 0 Å². The summed E-state index contributed by atoms with van der Waals surface area (Å²) >= 11 is 1.80. The van der Waals surface area contributed by atoms with E-state index in [-0.39, 0.29) is 0 Å². The van der Waals surface area contributed by atoms with Crippen LogP contribution in [0.2, 0.25) is 0 Å². The molecule has 1 aromatic rings. The maximum atomic E-state index is 6.03. The summed E-state index contributed by atoms with van der Waals surface area (Å²) in [4.78, 5) is 8.01. The molecule has 2 aliphatic heterocycles. The van der Waals surface area contributed by atoms with Gasteiger partial charge in [-0.05, 0) is 36.8 Å². The average molecular weight is 265 g/mol. The molecule has 4 nitrogen and oxygen atoms in total. The van der Waals surface area contributed by atoms with Gasteiger partial charge in [-0.3, -0.25) is 4.99 Å². The molecule has 0 radical (unpaired) electrons. The third-order valence-electron chi connectivity index (χ3n) is 3.73. The van der Waals surface area contributed by atoms with Crippen LogP contribution in [0, 0.1) is 6.92 Å². The minimum Gasteiger partial charge on any atom is -0.376 e. The van der Waals surface area contributed by atoms with E-state index in [1.165, 1.54) is 10.4 Å². The molecule has 1 aromatic heterocycles. The summed E-state index contributed by atoms with van der Waals surface area (Å²) < 4.78 is 5.71. The predicted octanol–water partition coefficient (Wildman–Crippen LogP) is 1.91. The van der Waals surface area contributed by atoms with Crippen LogP contribution in [0.4, 0.5) is 0 Å². The Balaban J connectivity index is 1.76. The highest BCUT2D eigenvalue weighted by Crippen LogP contribution is 2.32. The molecule has 2 aliphatic rings. The standard InChI is InChI=1S/C13H19N3OS/c1-9-4-6-18-12(9)11-7-15-13(14)16(11)8-10-3-2-5-17-10/h4,6,10-11H,2-3,5,7-8H2,1H3,(H2,14,15). The van der Waals surface area contributed by atoms with Crippen LogP contribution in [0.3, 0.4) is 0 Å². The molecule has 2 atom stereocenters. The second kappa shape index (κ2) is 4.90. The van der Waals surface area contributed by atoms with Crippen LogP contribution in [-0.4, -0.2) is 36.7 Å². The molecule has 3 heterocycles. The quantitative estimate of drug-likeness (QED) is 0.908. The van der Waals surface area contributed by atoms with Gasteiger partial charge in [-0.1, -0.05) is 0 Å². The highest BCUT2D eigenvalue weighted by atomic mass is 32.1. The minimum atomic E-state index is 0.314. The van der Waals surface area contributed by atoms with Crippen LogP contribution in [0.5, 0.6) is 0 Å². The monoisotopic (exact) mass is 265 g/mol. The molecule has 0 aliphatic carbocycles. The summed E-state index contributed by atoms with van der Waals surface area (Å²) in [6.07, 6.45) is 2.62. The normalized spacial score (nSPS) is 27.8. The van der Waals surface area contributed by atoms with E-state index >= 15 is 0 Å². The number of nitrogens with two attached hydrogens (primary N) is 1. The first-order valence-corrected chi connectivity index (χ1v) is 7.36. The molecule has 0 amide bonds. The lowest BCUT2D eigenvalue weighted by atomic mass is 10.1. The van der Waals surface area contributed by atoms with Gasteiger partial charge in [0.1, 0.15) is 0 Å². The molecule has 18 heavy (non-hydrogen) atoms. The molecule has 0 saturated carbocycles. The Labute approximate surface area is 111 Å². The summed E-state index contributed by atoms with van der Waals surface area (Å²) in [5.74, 6) is 0.670. The summed E-state index contributed by atoms with van der Waals surface area (Å²) in [5, 5.41) is 2.14. The van der Waals surface area contributed by atoms with Gasteiger partial charge < -0.3 is 15.4 Å². The van der Waals surface area contributed by atoms with Gasteiger partial charge >= 0.3 is 0 Å². The van der Waals surface area contributed by atoms with Crippen molar-refractivity contribution < 1.29 is 4.74 Å². The van der Waals surface area contributed by atoms with Crippen LogP contribution >= 0.6 is 11.3 Å². The first-order chi connectivity index (χ1) is 8.75. The topological polar surface area (TPSA) is 50.8 Å². The van der Waals surface area contributed by atoms with Crippen LogP contribution in [0.15, 0.2) is 16.4 Å². The number of nitrogens with zero attached hydrogens (tertiary/aromatic N) is 2. The number of aryl methyl sites for hydroxylation is 1. The van der Waals surface area contributed by atoms with Crippen molar-refractivity contribution in [2.45, 2.75) is 31.9 Å². The zero-order valence-corrected chi connectivity index (χ0v) is 11.4. The molecule has 1 saturated heterocycles. The van der Waals surface area contributed by atoms with E-state index in [1.807, 2.05) is 0 Å². The summed E-state index contributed by atoms with van der Waals surface area (Å²) in [6.45, 7) is 4.69. The first-order valence-electron chi connectivity index (χ1n) is 6.48. The zero-order chi connectivity index (χ0) is 12.5. The Morgan fingerprint density at radius 2 is 2.50 bits per heavy atom. The minimum absolute atomic E-state index is 0.314. The highest BCUT2D eigenvalue weighted by molar-refractivity contribution is 7.10. The van der Waals surface area contributed by atoms with Crippen molar-refractivity contribution >= 4 is 17.3 Å². The van der Waals surface area contributed by atoms with E-state index in [0.29, 0.717) is 18.1 Å². The first kappa shape index (κ1) is 12.0. The highest BCUT2D eigenvalue weighted by Gasteiger charge is 2.32. The maximum absolute atomic E-state index is 6.03. The molecule has 1 fully saturated rings.